The van der Waals surface area contributed by atoms with Crippen molar-refractivity contribution in [2.24, 2.45) is 0 Å². The highest BCUT2D eigenvalue weighted by Gasteiger charge is 2.11. The largest absolute Gasteiger partial charge is 0.465 e. The number of carbonyl (C=O) groups excluding carboxylic acids is 1. The molecule has 0 aliphatic heterocycles. The highest BCUT2D eigenvalue weighted by atomic mass is 32.2. The first-order valence-electron chi connectivity index (χ1n) is 5.30. The molecule has 0 radical (unpaired) electrons. The summed E-state index contributed by atoms with van der Waals surface area (Å²) in [5, 5.41) is 9.50. The molecule has 17 heavy (non-hydrogen) atoms. The summed E-state index contributed by atoms with van der Waals surface area (Å²) >= 11 is 1.23. The third-order valence-electron chi connectivity index (χ3n) is 2.07. The van der Waals surface area contributed by atoms with Gasteiger partial charge in [-0.15, -0.1) is 11.8 Å². The summed E-state index contributed by atoms with van der Waals surface area (Å²) in [5.41, 5.74) is 0.485. The molecule has 0 amide bonds. The Balaban J connectivity index is 2.73. The zero-order chi connectivity index (χ0) is 12.8. The van der Waals surface area contributed by atoms with Crippen molar-refractivity contribution < 1.29 is 19.0 Å². The molecule has 0 heterocycles. The van der Waals surface area contributed by atoms with Crippen LogP contribution in [0.3, 0.4) is 0 Å². The van der Waals surface area contributed by atoms with Crippen LogP contribution in [0.25, 0.3) is 0 Å². The quantitative estimate of drug-likeness (QED) is 0.651. The van der Waals surface area contributed by atoms with Crippen LogP contribution in [0.5, 0.6) is 0 Å². The van der Waals surface area contributed by atoms with Crippen molar-refractivity contribution in [2.75, 3.05) is 12.4 Å². The minimum atomic E-state index is -0.768. The molecule has 0 unspecified atom stereocenters. The maximum atomic E-state index is 13.0. The van der Waals surface area contributed by atoms with Crippen molar-refractivity contribution in [3.63, 3.8) is 0 Å². The van der Waals surface area contributed by atoms with Crippen molar-refractivity contribution in [2.45, 2.75) is 24.8 Å². The molecule has 0 bridgehead atoms. The maximum absolute atomic E-state index is 13.0. The number of ether oxygens (including phenoxy) is 1. The lowest BCUT2D eigenvalue weighted by atomic mass is 10.1. The molecular weight excluding hydrogens is 243 g/mol. The van der Waals surface area contributed by atoms with Crippen LogP contribution in [-0.2, 0) is 9.53 Å². The van der Waals surface area contributed by atoms with Gasteiger partial charge in [0.2, 0.25) is 0 Å². The molecule has 0 saturated carbocycles. The second-order valence-electron chi connectivity index (χ2n) is 3.45. The van der Waals surface area contributed by atoms with Crippen molar-refractivity contribution >= 4 is 17.7 Å². The number of hydrogen-bond donors (Lipinski definition) is 1. The topological polar surface area (TPSA) is 46.5 Å². The van der Waals surface area contributed by atoms with Gasteiger partial charge in [-0.25, -0.2) is 4.39 Å². The minimum Gasteiger partial charge on any atom is -0.465 e. The first kappa shape index (κ1) is 14.0. The number of hydrogen-bond acceptors (Lipinski definition) is 4. The average Bonchev–Trinajstić information content (AvgIpc) is 2.27. The van der Waals surface area contributed by atoms with Gasteiger partial charge in [-0.3, -0.25) is 4.79 Å². The molecule has 0 spiro atoms. The van der Waals surface area contributed by atoms with Gasteiger partial charge in [0.05, 0.1) is 18.5 Å². The van der Waals surface area contributed by atoms with E-state index in [4.69, 9.17) is 4.74 Å². The third kappa shape index (κ3) is 4.36. The Morgan fingerprint density at radius 3 is 2.88 bits per heavy atom. The van der Waals surface area contributed by atoms with Crippen LogP contribution in [0.2, 0.25) is 0 Å². The molecule has 1 rings (SSSR count). The summed E-state index contributed by atoms with van der Waals surface area (Å²) in [6.07, 6.45) is -0.768. The molecule has 3 nitrogen and oxygen atoms in total. The van der Waals surface area contributed by atoms with E-state index in [1.807, 2.05) is 0 Å². The van der Waals surface area contributed by atoms with E-state index in [1.54, 1.807) is 19.9 Å². The summed E-state index contributed by atoms with van der Waals surface area (Å²) in [5.74, 6) is -0.570. The highest BCUT2D eigenvalue weighted by molar-refractivity contribution is 8.00. The van der Waals surface area contributed by atoms with Crippen molar-refractivity contribution in [3.8, 4) is 0 Å². The molecule has 0 aliphatic carbocycles. The Morgan fingerprint density at radius 1 is 1.59 bits per heavy atom. The predicted octanol–water partition coefficient (Wildman–Crippen LogP) is 2.53. The van der Waals surface area contributed by atoms with Crippen molar-refractivity contribution in [1.82, 2.24) is 0 Å². The molecule has 0 aliphatic rings. The van der Waals surface area contributed by atoms with E-state index < -0.39 is 11.9 Å². The first-order chi connectivity index (χ1) is 8.04. The Kier molecular flexibility index (Phi) is 5.44. The van der Waals surface area contributed by atoms with Gasteiger partial charge in [0, 0.05) is 4.90 Å². The van der Waals surface area contributed by atoms with E-state index in [0.717, 1.165) is 0 Å². The van der Waals surface area contributed by atoms with Gasteiger partial charge >= 0.3 is 5.97 Å². The van der Waals surface area contributed by atoms with Crippen LogP contribution in [0, 0.1) is 5.82 Å². The standard InChI is InChI=1S/C12H15FO3S/c1-3-16-12(15)7-17-11-5-4-9(13)6-10(11)8(2)14/h4-6,8,14H,3,7H2,1-2H3/t8-/m1/s1. The number of halogens is 1. The van der Waals surface area contributed by atoms with Gasteiger partial charge in [-0.1, -0.05) is 0 Å². The van der Waals surface area contributed by atoms with Gasteiger partial charge in [0.1, 0.15) is 5.82 Å². The summed E-state index contributed by atoms with van der Waals surface area (Å²) in [6, 6.07) is 4.14. The summed E-state index contributed by atoms with van der Waals surface area (Å²) in [7, 11) is 0. The van der Waals surface area contributed by atoms with Gasteiger partial charge < -0.3 is 9.84 Å². The fraction of sp³-hybridized carbons (Fsp3) is 0.417. The fourth-order valence-corrected chi connectivity index (χ4v) is 2.23. The number of aliphatic hydroxyl groups excluding tert-OH is 1. The lowest BCUT2D eigenvalue weighted by molar-refractivity contribution is -0.139. The van der Waals surface area contributed by atoms with E-state index in [2.05, 4.69) is 0 Å². The molecule has 1 aromatic carbocycles. The van der Waals surface area contributed by atoms with E-state index in [0.29, 0.717) is 17.1 Å². The molecule has 0 fully saturated rings. The molecule has 0 saturated heterocycles. The number of carbonyl (C=O) groups is 1. The predicted molar refractivity (Wildman–Crippen MR) is 64.4 cm³/mol. The number of esters is 1. The smallest absolute Gasteiger partial charge is 0.316 e. The zero-order valence-corrected chi connectivity index (χ0v) is 10.6. The lowest BCUT2D eigenvalue weighted by Gasteiger charge is -2.11. The highest BCUT2D eigenvalue weighted by Crippen LogP contribution is 2.28. The van der Waals surface area contributed by atoms with Crippen molar-refractivity contribution in [1.29, 1.82) is 0 Å². The second kappa shape index (κ2) is 6.61. The number of thioether (sulfide) groups is 1. The van der Waals surface area contributed by atoms with Crippen LogP contribution in [0.15, 0.2) is 23.1 Å². The SMILES string of the molecule is CCOC(=O)CSc1ccc(F)cc1[C@@H](C)O. The zero-order valence-electron chi connectivity index (χ0n) is 9.77. The Labute approximate surface area is 104 Å². The third-order valence-corrected chi connectivity index (χ3v) is 3.14. The molecule has 5 heteroatoms. The molecule has 1 atom stereocenters. The minimum absolute atomic E-state index is 0.152. The summed E-state index contributed by atoms with van der Waals surface area (Å²) < 4.78 is 17.8. The summed E-state index contributed by atoms with van der Waals surface area (Å²) in [4.78, 5) is 11.9. The number of benzene rings is 1. The number of aliphatic hydroxyl groups is 1. The van der Waals surface area contributed by atoms with E-state index in [-0.39, 0.29) is 11.7 Å². The number of rotatable bonds is 5. The summed E-state index contributed by atoms with van der Waals surface area (Å²) in [6.45, 7) is 3.64. The van der Waals surface area contributed by atoms with Gasteiger partial charge in [0.25, 0.3) is 0 Å². The Hall–Kier alpha value is -1.07. The monoisotopic (exact) mass is 258 g/mol. The molecule has 1 N–H and O–H groups in total. The van der Waals surface area contributed by atoms with Gasteiger partial charge in [0.15, 0.2) is 0 Å². The molecule has 0 aromatic heterocycles. The molecule has 94 valence electrons. The molecule has 1 aromatic rings. The van der Waals surface area contributed by atoms with E-state index >= 15 is 0 Å². The first-order valence-corrected chi connectivity index (χ1v) is 6.29. The maximum Gasteiger partial charge on any atom is 0.316 e. The van der Waals surface area contributed by atoms with Crippen LogP contribution < -0.4 is 0 Å². The van der Waals surface area contributed by atoms with Crippen LogP contribution in [0.1, 0.15) is 25.5 Å². The Bertz CT molecular complexity index is 393. The fourth-order valence-electron chi connectivity index (χ4n) is 1.32. The average molecular weight is 258 g/mol. The second-order valence-corrected chi connectivity index (χ2v) is 4.47. The van der Waals surface area contributed by atoms with Crippen LogP contribution in [-0.4, -0.2) is 23.4 Å². The van der Waals surface area contributed by atoms with Crippen molar-refractivity contribution in [3.05, 3.63) is 29.6 Å². The van der Waals surface area contributed by atoms with Crippen LogP contribution in [0.4, 0.5) is 4.39 Å². The Morgan fingerprint density at radius 2 is 2.29 bits per heavy atom. The van der Waals surface area contributed by atoms with Crippen LogP contribution >= 0.6 is 11.8 Å². The molecular formula is C12H15FO3S. The van der Waals surface area contributed by atoms with E-state index in [9.17, 15) is 14.3 Å². The normalized spacial score (nSPS) is 12.2. The lowest BCUT2D eigenvalue weighted by Crippen LogP contribution is -2.07. The van der Waals surface area contributed by atoms with Gasteiger partial charge in [-0.05, 0) is 37.6 Å². The van der Waals surface area contributed by atoms with Gasteiger partial charge in [-0.2, -0.15) is 0 Å². The van der Waals surface area contributed by atoms with E-state index in [1.165, 1.54) is 23.9 Å².